The van der Waals surface area contributed by atoms with E-state index in [1.54, 1.807) is 12.1 Å². The molecule has 10 heteroatoms. The summed E-state index contributed by atoms with van der Waals surface area (Å²) in [7, 11) is 0. The first kappa shape index (κ1) is 23.3. The minimum atomic E-state index is -4.88. The standard InChI is InChI=1S/C26H19F3N4O3/c1-13-3-5-15-20(9-13)36-21-10-14(2)4-6-16(21)22(15)32-24(34)18-11-17(19-12-30-7-8-31-19)23(26(27,28)29)33-25(18)35/h3-12,22H,1-2H3,(H,32,34)(H,33,35). The van der Waals surface area contributed by atoms with Crippen molar-refractivity contribution in [2.45, 2.75) is 26.1 Å². The van der Waals surface area contributed by atoms with Crippen LogP contribution in [0.4, 0.5) is 13.2 Å². The second-order valence-electron chi connectivity index (χ2n) is 8.48. The molecule has 0 aliphatic carbocycles. The van der Waals surface area contributed by atoms with Gasteiger partial charge in [0.2, 0.25) is 0 Å². The molecule has 3 heterocycles. The third-order valence-corrected chi connectivity index (χ3v) is 5.86. The first-order valence-electron chi connectivity index (χ1n) is 10.9. The van der Waals surface area contributed by atoms with E-state index in [0.717, 1.165) is 23.4 Å². The fourth-order valence-corrected chi connectivity index (χ4v) is 4.15. The summed E-state index contributed by atoms with van der Waals surface area (Å²) in [6.45, 7) is 3.80. The molecule has 0 radical (unpaired) electrons. The number of hydrogen-bond acceptors (Lipinski definition) is 5. The number of aromatic nitrogens is 3. The Morgan fingerprint density at radius 1 is 1.00 bits per heavy atom. The summed E-state index contributed by atoms with van der Waals surface area (Å²) >= 11 is 0. The maximum absolute atomic E-state index is 13.7. The van der Waals surface area contributed by atoms with E-state index in [4.69, 9.17) is 4.74 Å². The fourth-order valence-electron chi connectivity index (χ4n) is 4.15. The summed E-state index contributed by atoms with van der Waals surface area (Å²) in [5, 5.41) is 2.81. The maximum Gasteiger partial charge on any atom is 0.432 e. The van der Waals surface area contributed by atoms with Crippen molar-refractivity contribution in [2.24, 2.45) is 0 Å². The molecule has 182 valence electrons. The molecule has 2 aromatic carbocycles. The van der Waals surface area contributed by atoms with Gasteiger partial charge in [-0.05, 0) is 43.2 Å². The average molecular weight is 492 g/mol. The number of carbonyl (C=O) groups is 1. The Kier molecular flexibility index (Phi) is 5.58. The second kappa shape index (κ2) is 8.63. The van der Waals surface area contributed by atoms with E-state index >= 15 is 0 Å². The number of aryl methyl sites for hydroxylation is 2. The van der Waals surface area contributed by atoms with Crippen molar-refractivity contribution in [2.75, 3.05) is 0 Å². The van der Waals surface area contributed by atoms with Crippen molar-refractivity contribution in [1.82, 2.24) is 20.3 Å². The van der Waals surface area contributed by atoms with Crippen LogP contribution in [0.15, 0.2) is 65.8 Å². The lowest BCUT2D eigenvalue weighted by Crippen LogP contribution is -2.35. The molecule has 36 heavy (non-hydrogen) atoms. The Bertz CT molecular complexity index is 1500. The van der Waals surface area contributed by atoms with Crippen LogP contribution >= 0.6 is 0 Å². The molecule has 7 nitrogen and oxygen atoms in total. The summed E-state index contributed by atoms with van der Waals surface area (Å²) in [5.74, 6) is 0.236. The first-order valence-corrected chi connectivity index (χ1v) is 10.9. The molecule has 0 spiro atoms. The van der Waals surface area contributed by atoms with E-state index in [-0.39, 0.29) is 5.69 Å². The van der Waals surface area contributed by atoms with E-state index in [0.29, 0.717) is 22.6 Å². The number of H-pyrrole nitrogens is 1. The number of rotatable bonds is 3. The van der Waals surface area contributed by atoms with Crippen molar-refractivity contribution in [1.29, 1.82) is 0 Å². The summed E-state index contributed by atoms with van der Waals surface area (Å²) < 4.78 is 47.1. The number of pyridine rings is 1. The van der Waals surface area contributed by atoms with Gasteiger partial charge in [0.15, 0.2) is 0 Å². The average Bonchev–Trinajstić information content (AvgIpc) is 2.83. The van der Waals surface area contributed by atoms with Gasteiger partial charge in [0.1, 0.15) is 22.8 Å². The van der Waals surface area contributed by atoms with Gasteiger partial charge in [-0.3, -0.25) is 19.6 Å². The normalized spacial score (nSPS) is 12.9. The molecule has 1 aliphatic rings. The van der Waals surface area contributed by atoms with Gasteiger partial charge in [0.25, 0.3) is 11.5 Å². The number of benzene rings is 2. The molecule has 1 amide bonds. The first-order chi connectivity index (χ1) is 17.1. The van der Waals surface area contributed by atoms with Gasteiger partial charge in [0.05, 0.1) is 17.9 Å². The van der Waals surface area contributed by atoms with Gasteiger partial charge in [-0.25, -0.2) is 0 Å². The van der Waals surface area contributed by atoms with E-state index in [2.05, 4.69) is 15.3 Å². The van der Waals surface area contributed by atoms with Gasteiger partial charge in [-0.15, -0.1) is 0 Å². The molecule has 0 bridgehead atoms. The quantitative estimate of drug-likeness (QED) is 0.415. The van der Waals surface area contributed by atoms with Gasteiger partial charge in [0, 0.05) is 29.1 Å². The van der Waals surface area contributed by atoms with Crippen molar-refractivity contribution in [3.8, 4) is 22.8 Å². The third-order valence-electron chi connectivity index (χ3n) is 5.86. The second-order valence-corrected chi connectivity index (χ2v) is 8.48. The number of aromatic amines is 1. The largest absolute Gasteiger partial charge is 0.457 e. The molecular weight excluding hydrogens is 473 g/mol. The molecule has 5 rings (SSSR count). The lowest BCUT2D eigenvalue weighted by atomic mass is 9.92. The van der Waals surface area contributed by atoms with Crippen LogP contribution in [0, 0.1) is 13.8 Å². The van der Waals surface area contributed by atoms with Crippen molar-refractivity contribution >= 4 is 5.91 Å². The zero-order valence-electron chi connectivity index (χ0n) is 19.1. The highest BCUT2D eigenvalue weighted by atomic mass is 19.4. The van der Waals surface area contributed by atoms with Crippen molar-refractivity contribution in [3.63, 3.8) is 0 Å². The number of nitrogens with zero attached hydrogens (tertiary/aromatic N) is 2. The number of hydrogen-bond donors (Lipinski definition) is 2. The molecule has 0 saturated carbocycles. The number of nitrogens with one attached hydrogen (secondary N) is 2. The van der Waals surface area contributed by atoms with E-state index in [1.165, 1.54) is 12.4 Å². The highest BCUT2D eigenvalue weighted by Gasteiger charge is 2.37. The molecule has 0 unspecified atom stereocenters. The van der Waals surface area contributed by atoms with Gasteiger partial charge in [-0.2, -0.15) is 13.2 Å². The lowest BCUT2D eigenvalue weighted by molar-refractivity contribution is -0.140. The van der Waals surface area contributed by atoms with Gasteiger partial charge < -0.3 is 15.0 Å². The van der Waals surface area contributed by atoms with Crippen LogP contribution in [0.25, 0.3) is 11.3 Å². The smallest absolute Gasteiger partial charge is 0.432 e. The lowest BCUT2D eigenvalue weighted by Gasteiger charge is -2.29. The molecule has 2 N–H and O–H groups in total. The number of carbonyl (C=O) groups excluding carboxylic acids is 1. The van der Waals surface area contributed by atoms with E-state index < -0.39 is 40.5 Å². The predicted molar refractivity (Wildman–Crippen MR) is 125 cm³/mol. The Labute approximate surface area is 203 Å². The summed E-state index contributed by atoms with van der Waals surface area (Å²) in [6.07, 6.45) is -1.23. The fraction of sp³-hybridized carbons (Fsp3) is 0.154. The Morgan fingerprint density at radius 3 is 2.19 bits per heavy atom. The van der Waals surface area contributed by atoms with Crippen LogP contribution in [0.5, 0.6) is 11.5 Å². The summed E-state index contributed by atoms with van der Waals surface area (Å²) in [5.41, 5.74) is -0.360. The van der Waals surface area contributed by atoms with Gasteiger partial charge >= 0.3 is 6.18 Å². The van der Waals surface area contributed by atoms with Crippen molar-refractivity contribution in [3.05, 3.63) is 105 Å². The van der Waals surface area contributed by atoms with Crippen LogP contribution in [-0.2, 0) is 6.18 Å². The monoisotopic (exact) mass is 492 g/mol. The molecule has 0 saturated heterocycles. The molecule has 0 fully saturated rings. The highest BCUT2D eigenvalue weighted by molar-refractivity contribution is 5.95. The Morgan fingerprint density at radius 2 is 1.64 bits per heavy atom. The summed E-state index contributed by atoms with van der Waals surface area (Å²) in [6, 6.07) is 11.2. The molecular formula is C26H19F3N4O3. The highest BCUT2D eigenvalue weighted by Crippen LogP contribution is 2.43. The molecule has 1 aliphatic heterocycles. The topological polar surface area (TPSA) is 97.0 Å². The van der Waals surface area contributed by atoms with Crippen LogP contribution < -0.4 is 15.6 Å². The number of fused-ring (bicyclic) bond motifs is 2. The zero-order chi connectivity index (χ0) is 25.6. The zero-order valence-corrected chi connectivity index (χ0v) is 19.1. The Balaban J connectivity index is 1.60. The van der Waals surface area contributed by atoms with E-state index in [9.17, 15) is 22.8 Å². The van der Waals surface area contributed by atoms with Crippen molar-refractivity contribution < 1.29 is 22.7 Å². The number of amides is 1. The maximum atomic E-state index is 13.7. The van der Waals surface area contributed by atoms with Gasteiger partial charge in [-0.1, -0.05) is 24.3 Å². The van der Waals surface area contributed by atoms with Crippen LogP contribution in [0.3, 0.4) is 0 Å². The number of halogens is 3. The molecule has 4 aromatic rings. The molecule has 2 aromatic heterocycles. The number of alkyl halides is 3. The van der Waals surface area contributed by atoms with Crippen LogP contribution in [-0.4, -0.2) is 20.9 Å². The molecule has 0 atom stereocenters. The Hall–Kier alpha value is -4.47. The predicted octanol–water partition coefficient (Wildman–Crippen LogP) is 5.09. The number of ether oxygens (including phenoxy) is 1. The minimum Gasteiger partial charge on any atom is -0.457 e. The third kappa shape index (κ3) is 4.21. The minimum absolute atomic E-state index is 0.136. The SMILES string of the molecule is Cc1ccc2c(c1)Oc1cc(C)ccc1C2NC(=O)c1cc(-c2cnccn2)c(C(F)(F)F)[nH]c1=O. The van der Waals surface area contributed by atoms with Crippen LogP contribution in [0.2, 0.25) is 0 Å². The van der Waals surface area contributed by atoms with E-state index in [1.807, 2.05) is 43.1 Å². The summed E-state index contributed by atoms with van der Waals surface area (Å²) in [4.78, 5) is 35.5. The van der Waals surface area contributed by atoms with Crippen LogP contribution in [0.1, 0.15) is 44.3 Å².